The van der Waals surface area contributed by atoms with Gasteiger partial charge in [-0.3, -0.25) is 14.4 Å². The van der Waals surface area contributed by atoms with Crippen molar-refractivity contribution in [1.82, 2.24) is 19.7 Å². The van der Waals surface area contributed by atoms with Gasteiger partial charge in [-0.15, -0.1) is 0 Å². The van der Waals surface area contributed by atoms with Crippen LogP contribution in [0.1, 0.15) is 17.4 Å². The Morgan fingerprint density at radius 3 is 2.72 bits per heavy atom. The maximum atomic E-state index is 13.0. The highest BCUT2D eigenvalue weighted by atomic mass is 35.5. The number of fused-ring (bicyclic) bond motifs is 1. The molecule has 1 aromatic carbocycles. The van der Waals surface area contributed by atoms with Crippen molar-refractivity contribution in [3.05, 3.63) is 41.2 Å². The third-order valence-corrected chi connectivity index (χ3v) is 5.14. The molecule has 2 aromatic heterocycles. The Labute approximate surface area is 155 Å². The Morgan fingerprint density at radius 1 is 1.28 bits per heavy atom. The van der Waals surface area contributed by atoms with Gasteiger partial charge in [0.1, 0.15) is 5.52 Å². The number of rotatable bonds is 6. The molecule has 3 aromatic rings. The molecule has 0 spiro atoms. The third-order valence-electron chi connectivity index (χ3n) is 3.79. The van der Waals surface area contributed by atoms with Gasteiger partial charge in [-0.1, -0.05) is 29.0 Å². The zero-order chi connectivity index (χ0) is 18.0. The van der Waals surface area contributed by atoms with E-state index >= 15 is 0 Å². The van der Waals surface area contributed by atoms with Crippen LogP contribution in [0.5, 0.6) is 0 Å². The van der Waals surface area contributed by atoms with Gasteiger partial charge in [0.25, 0.3) is 5.91 Å². The summed E-state index contributed by atoms with van der Waals surface area (Å²) < 4.78 is 2.70. The van der Waals surface area contributed by atoms with Crippen LogP contribution in [-0.2, 0) is 6.54 Å². The van der Waals surface area contributed by atoms with E-state index in [1.165, 1.54) is 11.3 Å². The van der Waals surface area contributed by atoms with E-state index in [9.17, 15) is 4.79 Å². The zero-order valence-corrected chi connectivity index (χ0v) is 16.0. The van der Waals surface area contributed by atoms with E-state index in [0.717, 1.165) is 23.3 Å². The lowest BCUT2D eigenvalue weighted by atomic mass is 10.3. The minimum atomic E-state index is -0.149. The van der Waals surface area contributed by atoms with Crippen LogP contribution in [-0.4, -0.2) is 52.8 Å². The summed E-state index contributed by atoms with van der Waals surface area (Å²) in [6.45, 7) is 3.97. The molecule has 8 heteroatoms. The fourth-order valence-corrected chi connectivity index (χ4v) is 3.68. The number of nitrogens with zero attached hydrogens (tertiary/aromatic N) is 5. The van der Waals surface area contributed by atoms with Crippen molar-refractivity contribution in [2.24, 2.45) is 0 Å². The number of benzene rings is 1. The second-order valence-electron chi connectivity index (χ2n) is 5.90. The number of thiazole rings is 1. The summed E-state index contributed by atoms with van der Waals surface area (Å²) >= 11 is 7.70. The first kappa shape index (κ1) is 17.8. The quantitative estimate of drug-likeness (QED) is 0.660. The van der Waals surface area contributed by atoms with Gasteiger partial charge in [-0.25, -0.2) is 4.98 Å². The van der Waals surface area contributed by atoms with Crippen LogP contribution < -0.4 is 4.90 Å². The van der Waals surface area contributed by atoms with Gasteiger partial charge in [-0.2, -0.15) is 5.10 Å². The van der Waals surface area contributed by atoms with Crippen LogP contribution in [0.3, 0.4) is 0 Å². The number of anilines is 1. The molecule has 0 fully saturated rings. The van der Waals surface area contributed by atoms with Gasteiger partial charge >= 0.3 is 0 Å². The van der Waals surface area contributed by atoms with Crippen LogP contribution >= 0.6 is 22.9 Å². The summed E-state index contributed by atoms with van der Waals surface area (Å²) in [4.78, 5) is 21.3. The van der Waals surface area contributed by atoms with Gasteiger partial charge in [-0.05, 0) is 39.2 Å². The van der Waals surface area contributed by atoms with Gasteiger partial charge in [0, 0.05) is 25.8 Å². The molecule has 1 amide bonds. The lowest BCUT2D eigenvalue weighted by Gasteiger charge is -2.21. The Hall–Kier alpha value is -1.96. The summed E-state index contributed by atoms with van der Waals surface area (Å²) in [6.07, 6.45) is 1.81. The van der Waals surface area contributed by atoms with E-state index in [1.54, 1.807) is 15.6 Å². The van der Waals surface area contributed by atoms with Gasteiger partial charge in [0.05, 0.1) is 9.72 Å². The number of carbonyl (C=O) groups is 1. The van der Waals surface area contributed by atoms with E-state index in [0.29, 0.717) is 22.4 Å². The number of hydrogen-bond donors (Lipinski definition) is 0. The molecule has 6 nitrogen and oxygen atoms in total. The molecule has 0 radical (unpaired) electrons. The number of para-hydroxylation sites is 1. The van der Waals surface area contributed by atoms with Crippen LogP contribution in [0.2, 0.25) is 5.02 Å². The van der Waals surface area contributed by atoms with E-state index in [-0.39, 0.29) is 5.91 Å². The minimum absolute atomic E-state index is 0.149. The van der Waals surface area contributed by atoms with Crippen molar-refractivity contribution in [2.75, 3.05) is 32.1 Å². The second-order valence-corrected chi connectivity index (χ2v) is 7.32. The molecule has 0 aliphatic heterocycles. The molecule has 0 atom stereocenters. The lowest BCUT2D eigenvalue weighted by molar-refractivity contribution is 0.0979. The molecule has 0 aliphatic rings. The monoisotopic (exact) mass is 377 g/mol. The van der Waals surface area contributed by atoms with Gasteiger partial charge < -0.3 is 4.90 Å². The highest BCUT2D eigenvalue weighted by Crippen LogP contribution is 2.33. The smallest absolute Gasteiger partial charge is 0.280 e. The van der Waals surface area contributed by atoms with Crippen LogP contribution in [0.25, 0.3) is 10.2 Å². The van der Waals surface area contributed by atoms with Crippen LogP contribution in [0, 0.1) is 0 Å². The second kappa shape index (κ2) is 7.51. The van der Waals surface area contributed by atoms with Crippen molar-refractivity contribution in [3.63, 3.8) is 0 Å². The predicted octanol–water partition coefficient (Wildman–Crippen LogP) is 3.37. The van der Waals surface area contributed by atoms with Crippen molar-refractivity contribution in [3.8, 4) is 0 Å². The molecular weight excluding hydrogens is 358 g/mol. The highest BCUT2D eigenvalue weighted by molar-refractivity contribution is 7.22. The van der Waals surface area contributed by atoms with Gasteiger partial charge in [0.2, 0.25) is 0 Å². The third kappa shape index (κ3) is 3.84. The van der Waals surface area contributed by atoms with Crippen molar-refractivity contribution in [2.45, 2.75) is 13.5 Å². The first-order valence-corrected chi connectivity index (χ1v) is 9.24. The molecular formula is C17H20ClN5OS. The minimum Gasteiger partial charge on any atom is -0.308 e. The number of aromatic nitrogens is 3. The van der Waals surface area contributed by atoms with Crippen LogP contribution in [0.4, 0.5) is 5.13 Å². The van der Waals surface area contributed by atoms with Crippen molar-refractivity contribution >= 4 is 44.2 Å². The Kier molecular flexibility index (Phi) is 5.36. The molecule has 0 saturated carbocycles. The Morgan fingerprint density at radius 2 is 2.08 bits per heavy atom. The number of aryl methyl sites for hydroxylation is 1. The molecule has 2 heterocycles. The van der Waals surface area contributed by atoms with Gasteiger partial charge in [0.15, 0.2) is 10.8 Å². The number of amides is 1. The topological polar surface area (TPSA) is 54.3 Å². The summed E-state index contributed by atoms with van der Waals surface area (Å²) in [5.41, 5.74) is 1.15. The number of halogens is 1. The fourth-order valence-electron chi connectivity index (χ4n) is 2.39. The molecule has 25 heavy (non-hydrogen) atoms. The maximum Gasteiger partial charge on any atom is 0.280 e. The summed E-state index contributed by atoms with van der Waals surface area (Å²) in [5.74, 6) is -0.149. The molecule has 0 bridgehead atoms. The number of likely N-dealkylation sites (N-methyl/N-ethyl adjacent to an activating group) is 1. The Balaban J connectivity index is 1.97. The van der Waals surface area contributed by atoms with E-state index < -0.39 is 0 Å². The predicted molar refractivity (Wildman–Crippen MR) is 103 cm³/mol. The summed E-state index contributed by atoms with van der Waals surface area (Å²) in [6, 6.07) is 7.40. The molecule has 3 rings (SSSR count). The largest absolute Gasteiger partial charge is 0.308 e. The summed E-state index contributed by atoms with van der Waals surface area (Å²) in [7, 11) is 3.95. The molecule has 0 aliphatic carbocycles. The SMILES string of the molecule is CCn1ccc(C(=O)N(CCN(C)C)c2nc3c(Cl)cccc3s2)n1. The molecule has 0 unspecified atom stereocenters. The average molecular weight is 378 g/mol. The first-order valence-electron chi connectivity index (χ1n) is 8.04. The average Bonchev–Trinajstić information content (AvgIpc) is 3.22. The van der Waals surface area contributed by atoms with Crippen molar-refractivity contribution < 1.29 is 4.79 Å². The van der Waals surface area contributed by atoms with E-state index in [1.807, 2.05) is 50.3 Å². The lowest BCUT2D eigenvalue weighted by Crippen LogP contribution is -2.37. The summed E-state index contributed by atoms with van der Waals surface area (Å²) in [5, 5.41) is 5.57. The fraction of sp³-hybridized carbons (Fsp3) is 0.353. The number of carbonyl (C=O) groups excluding carboxylic acids is 1. The normalized spacial score (nSPS) is 11.4. The molecule has 132 valence electrons. The zero-order valence-electron chi connectivity index (χ0n) is 14.4. The van der Waals surface area contributed by atoms with E-state index in [4.69, 9.17) is 11.6 Å². The molecule has 0 saturated heterocycles. The standard InChI is InChI=1S/C17H20ClN5OS/c1-4-22-9-8-13(20-22)16(24)23(11-10-21(2)3)17-19-15-12(18)6-5-7-14(15)25-17/h5-9H,4,10-11H2,1-3H3. The first-order chi connectivity index (χ1) is 12.0. The van der Waals surface area contributed by atoms with Crippen LogP contribution in [0.15, 0.2) is 30.5 Å². The molecule has 0 N–H and O–H groups in total. The van der Waals surface area contributed by atoms with E-state index in [2.05, 4.69) is 10.1 Å². The maximum absolute atomic E-state index is 13.0. The Bertz CT molecular complexity index is 888. The number of hydrogen-bond acceptors (Lipinski definition) is 5. The highest BCUT2D eigenvalue weighted by Gasteiger charge is 2.23. The van der Waals surface area contributed by atoms with Crippen molar-refractivity contribution in [1.29, 1.82) is 0 Å².